The first-order chi connectivity index (χ1) is 34.1. The Morgan fingerprint density at radius 2 is 0.623 bits per heavy atom. The topological polar surface area (TPSA) is 72.8 Å². The van der Waals surface area contributed by atoms with Gasteiger partial charge in [0, 0.05) is 12.8 Å². The quantitative estimate of drug-likeness (QED) is 0.0374. The van der Waals surface area contributed by atoms with Crippen molar-refractivity contribution in [2.75, 3.05) is 13.2 Å². The summed E-state index contributed by atoms with van der Waals surface area (Å²) in [4.78, 5) is 24.5. The average molecular weight is 958 g/mol. The van der Waals surface area contributed by atoms with Crippen LogP contribution in [0.5, 0.6) is 0 Å². The number of unbranched alkanes of at least 4 members (excludes halogenated alkanes) is 26. The third-order valence-electron chi connectivity index (χ3n) is 12.3. The predicted octanol–water partition coefficient (Wildman–Crippen LogP) is 19.7. The minimum absolute atomic E-state index is 0.0752. The van der Waals surface area contributed by atoms with Gasteiger partial charge >= 0.3 is 11.9 Å². The Hall–Kier alpha value is -3.44. The lowest BCUT2D eigenvalue weighted by Gasteiger charge is -2.15. The molecule has 0 bridgehead atoms. The van der Waals surface area contributed by atoms with Crippen LogP contribution in [0.3, 0.4) is 0 Å². The maximum absolute atomic E-state index is 12.3. The smallest absolute Gasteiger partial charge is 0.306 e. The zero-order valence-electron chi connectivity index (χ0n) is 45.0. The summed E-state index contributed by atoms with van der Waals surface area (Å²) in [5.41, 5.74) is 0. The van der Waals surface area contributed by atoms with E-state index in [-0.39, 0.29) is 25.2 Å². The highest BCUT2D eigenvalue weighted by Gasteiger charge is 2.16. The van der Waals surface area contributed by atoms with Crippen molar-refractivity contribution in [3.05, 3.63) is 109 Å². The maximum atomic E-state index is 12.3. The van der Waals surface area contributed by atoms with Gasteiger partial charge in [-0.1, -0.05) is 258 Å². The molecule has 394 valence electrons. The van der Waals surface area contributed by atoms with Gasteiger partial charge in [0.25, 0.3) is 0 Å². The Balaban J connectivity index is 3.49. The van der Waals surface area contributed by atoms with Gasteiger partial charge in [-0.15, -0.1) is 0 Å². The lowest BCUT2D eigenvalue weighted by atomic mass is 10.0. The molecule has 0 aliphatic heterocycles. The van der Waals surface area contributed by atoms with Crippen LogP contribution in [0, 0.1) is 0 Å². The van der Waals surface area contributed by atoms with Gasteiger partial charge in [-0.25, -0.2) is 0 Å². The molecule has 5 nitrogen and oxygen atoms in total. The molecule has 0 aromatic heterocycles. The molecular formula is C64H108O5. The van der Waals surface area contributed by atoms with Crippen LogP contribution in [0.25, 0.3) is 0 Å². The van der Waals surface area contributed by atoms with Gasteiger partial charge in [0.15, 0.2) is 6.10 Å². The molecule has 0 saturated carbocycles. The monoisotopic (exact) mass is 957 g/mol. The van der Waals surface area contributed by atoms with Crippen molar-refractivity contribution in [2.45, 2.75) is 270 Å². The van der Waals surface area contributed by atoms with Crippen molar-refractivity contribution in [3.8, 4) is 0 Å². The third-order valence-corrected chi connectivity index (χ3v) is 12.3. The van der Waals surface area contributed by atoms with Crippen LogP contribution in [0.2, 0.25) is 0 Å². The molecule has 5 heteroatoms. The van der Waals surface area contributed by atoms with E-state index in [2.05, 4.69) is 123 Å². The summed E-state index contributed by atoms with van der Waals surface area (Å²) in [5, 5.41) is 9.64. The fourth-order valence-electron chi connectivity index (χ4n) is 7.98. The molecule has 0 fully saturated rings. The second kappa shape index (κ2) is 58.9. The molecule has 0 aliphatic rings. The van der Waals surface area contributed by atoms with Crippen LogP contribution in [0.15, 0.2) is 109 Å². The van der Waals surface area contributed by atoms with Crippen LogP contribution in [-0.4, -0.2) is 36.4 Å². The van der Waals surface area contributed by atoms with Crippen LogP contribution in [0.4, 0.5) is 0 Å². The number of aliphatic hydroxyl groups excluding tert-OH is 1. The van der Waals surface area contributed by atoms with Gasteiger partial charge in [0.2, 0.25) is 0 Å². The van der Waals surface area contributed by atoms with Crippen molar-refractivity contribution in [1.29, 1.82) is 0 Å². The van der Waals surface area contributed by atoms with Crippen LogP contribution < -0.4 is 0 Å². The number of ether oxygens (including phenoxy) is 2. The number of aliphatic hydroxyl groups is 1. The molecule has 0 radical (unpaired) electrons. The maximum Gasteiger partial charge on any atom is 0.306 e. The first-order valence-corrected chi connectivity index (χ1v) is 28.9. The minimum Gasteiger partial charge on any atom is -0.462 e. The van der Waals surface area contributed by atoms with Crippen molar-refractivity contribution < 1.29 is 24.2 Å². The zero-order chi connectivity index (χ0) is 49.9. The molecule has 1 N–H and O–H groups in total. The first-order valence-electron chi connectivity index (χ1n) is 28.9. The molecule has 1 unspecified atom stereocenters. The van der Waals surface area contributed by atoms with E-state index in [4.69, 9.17) is 9.47 Å². The Morgan fingerprint density at radius 3 is 0.942 bits per heavy atom. The summed E-state index contributed by atoms with van der Waals surface area (Å²) in [5.74, 6) is -0.604. The summed E-state index contributed by atoms with van der Waals surface area (Å²) in [6.07, 6.45) is 85.0. The van der Waals surface area contributed by atoms with Gasteiger partial charge in [0.1, 0.15) is 6.61 Å². The Morgan fingerprint density at radius 1 is 0.348 bits per heavy atom. The van der Waals surface area contributed by atoms with Gasteiger partial charge in [-0.2, -0.15) is 0 Å². The summed E-state index contributed by atoms with van der Waals surface area (Å²) in [6, 6.07) is 0. The van der Waals surface area contributed by atoms with E-state index in [1.165, 1.54) is 141 Å². The number of carbonyl (C=O) groups excluding carboxylic acids is 2. The van der Waals surface area contributed by atoms with Gasteiger partial charge < -0.3 is 14.6 Å². The van der Waals surface area contributed by atoms with Crippen molar-refractivity contribution in [3.63, 3.8) is 0 Å². The van der Waals surface area contributed by atoms with Gasteiger partial charge in [-0.05, 0) is 103 Å². The molecule has 0 saturated heterocycles. The van der Waals surface area contributed by atoms with Gasteiger partial charge in [0.05, 0.1) is 6.61 Å². The van der Waals surface area contributed by atoms with E-state index >= 15 is 0 Å². The second-order valence-electron chi connectivity index (χ2n) is 19.0. The lowest BCUT2D eigenvalue weighted by molar-refractivity contribution is -0.161. The van der Waals surface area contributed by atoms with Crippen LogP contribution in [-0.2, 0) is 19.1 Å². The molecule has 0 rings (SSSR count). The average Bonchev–Trinajstić information content (AvgIpc) is 3.35. The molecular weight excluding hydrogens is 849 g/mol. The molecule has 1 atom stereocenters. The van der Waals surface area contributed by atoms with Crippen LogP contribution >= 0.6 is 0 Å². The number of rotatable bonds is 52. The lowest BCUT2D eigenvalue weighted by Crippen LogP contribution is -2.28. The van der Waals surface area contributed by atoms with Crippen LogP contribution in [0.1, 0.15) is 264 Å². The summed E-state index contributed by atoms with van der Waals surface area (Å²) in [6.45, 7) is 4.00. The molecule has 69 heavy (non-hydrogen) atoms. The molecule has 0 aromatic carbocycles. The largest absolute Gasteiger partial charge is 0.462 e. The van der Waals surface area contributed by atoms with Gasteiger partial charge in [-0.3, -0.25) is 9.59 Å². The number of hydrogen-bond donors (Lipinski definition) is 1. The molecule has 0 amide bonds. The first kappa shape index (κ1) is 65.6. The van der Waals surface area contributed by atoms with E-state index in [0.717, 1.165) is 96.3 Å². The van der Waals surface area contributed by atoms with E-state index in [1.807, 2.05) is 0 Å². The van der Waals surface area contributed by atoms with E-state index in [0.29, 0.717) is 12.8 Å². The summed E-state index contributed by atoms with van der Waals surface area (Å²) in [7, 11) is 0. The normalized spacial score (nSPS) is 13.0. The molecule has 0 aliphatic carbocycles. The highest BCUT2D eigenvalue weighted by Crippen LogP contribution is 2.16. The fraction of sp³-hybridized carbons (Fsp3) is 0.688. The van der Waals surface area contributed by atoms with Crippen molar-refractivity contribution in [2.24, 2.45) is 0 Å². The van der Waals surface area contributed by atoms with E-state index in [9.17, 15) is 14.7 Å². The SMILES string of the molecule is CC/C=C\C/C=C\C/C=C\C/C=C\C/C=C\C/C=C\C/C=C\CCCCCCCCCCCCCCCCCCCC(=O)OC(CO)COC(=O)CCCCCCC/C=C\C/C=C\CCCCCC. The van der Waals surface area contributed by atoms with E-state index < -0.39 is 6.10 Å². The number of esters is 2. The standard InChI is InChI=1S/C64H108O5/c1-3-5-7-9-11-13-15-17-19-21-22-23-24-25-26-27-28-29-30-31-32-33-34-35-36-37-38-39-40-41-42-43-45-47-49-51-53-55-57-59-64(67)69-62(60-65)61-68-63(66)58-56-54-52-50-48-46-44-20-18-16-14-12-10-8-6-4-2/h5,7,11,13-14,16-17,19-20,22-23,25-26,28-29,31-32,44,62,65H,3-4,6,8-10,12,15,18,21,24,27,30,33-43,45-61H2,1-2H3/b7-5-,13-11-,16-14-,19-17-,23-22-,26-25-,29-28-,32-31-,44-20-. The number of hydrogen-bond acceptors (Lipinski definition) is 5. The second-order valence-corrected chi connectivity index (χ2v) is 19.0. The number of allylic oxidation sites excluding steroid dienone is 18. The highest BCUT2D eigenvalue weighted by atomic mass is 16.6. The third kappa shape index (κ3) is 57.0. The molecule has 0 spiro atoms. The zero-order valence-corrected chi connectivity index (χ0v) is 45.0. The van der Waals surface area contributed by atoms with Crippen molar-refractivity contribution >= 4 is 11.9 Å². The Bertz CT molecular complexity index is 1360. The highest BCUT2D eigenvalue weighted by molar-refractivity contribution is 5.70. The summed E-state index contributed by atoms with van der Waals surface area (Å²) < 4.78 is 10.7. The predicted molar refractivity (Wildman–Crippen MR) is 302 cm³/mol. The Kier molecular flexibility index (Phi) is 55.9. The molecule has 0 heterocycles. The van der Waals surface area contributed by atoms with Crippen molar-refractivity contribution in [1.82, 2.24) is 0 Å². The fourth-order valence-corrected chi connectivity index (χ4v) is 7.98. The molecule has 0 aromatic rings. The Labute approximate surface area is 427 Å². The van der Waals surface area contributed by atoms with E-state index in [1.54, 1.807) is 0 Å². The number of carbonyl (C=O) groups is 2. The minimum atomic E-state index is -0.782. The summed E-state index contributed by atoms with van der Waals surface area (Å²) >= 11 is 0.